The van der Waals surface area contributed by atoms with Gasteiger partial charge in [0.1, 0.15) is 0 Å². The van der Waals surface area contributed by atoms with E-state index in [4.69, 9.17) is 0 Å². The minimum absolute atomic E-state index is 0.0905. The first-order valence-electron chi connectivity index (χ1n) is 10.2. The molecule has 2 heterocycles. The van der Waals surface area contributed by atoms with Gasteiger partial charge in [0.25, 0.3) is 5.91 Å². The molecule has 1 aromatic heterocycles. The molecule has 1 aliphatic heterocycles. The van der Waals surface area contributed by atoms with E-state index in [-0.39, 0.29) is 19.0 Å². The van der Waals surface area contributed by atoms with Crippen molar-refractivity contribution in [3.63, 3.8) is 0 Å². The fourth-order valence-corrected chi connectivity index (χ4v) is 5.56. The molecule has 1 amide bonds. The van der Waals surface area contributed by atoms with Crippen molar-refractivity contribution in [2.24, 2.45) is 0 Å². The van der Waals surface area contributed by atoms with Crippen molar-refractivity contribution in [3.05, 3.63) is 77.1 Å². The molecule has 7 nitrogen and oxygen atoms in total. The molecule has 0 saturated carbocycles. The topological polar surface area (TPSA) is 75.5 Å². The number of carbonyl (C=O) groups is 1. The van der Waals surface area contributed by atoms with Gasteiger partial charge < -0.3 is 4.90 Å². The summed E-state index contributed by atoms with van der Waals surface area (Å²) in [7, 11) is -3.57. The second-order valence-electron chi connectivity index (χ2n) is 7.90. The van der Waals surface area contributed by atoms with Crippen LogP contribution < -0.4 is 0 Å². The second-order valence-corrected chi connectivity index (χ2v) is 9.80. The molecule has 0 bridgehead atoms. The average Bonchev–Trinajstić information content (AvgIpc) is 3.19. The first-order valence-corrected chi connectivity index (χ1v) is 11.7. The van der Waals surface area contributed by atoms with E-state index in [0.717, 1.165) is 22.5 Å². The summed E-state index contributed by atoms with van der Waals surface area (Å²) >= 11 is 0. The Morgan fingerprint density at radius 3 is 2.16 bits per heavy atom. The van der Waals surface area contributed by atoms with Gasteiger partial charge >= 0.3 is 0 Å². The fraction of sp³-hybridized carbons (Fsp3) is 0.304. The van der Waals surface area contributed by atoms with Gasteiger partial charge in [0.05, 0.1) is 10.6 Å². The maximum atomic E-state index is 13.1. The SMILES string of the molecule is Cc1ccc(S(=O)(=O)N2CCN(C(=O)c3ccc(-n4nccc4C)cc3)CC2)c(C)c1. The van der Waals surface area contributed by atoms with Crippen molar-refractivity contribution >= 4 is 15.9 Å². The van der Waals surface area contributed by atoms with Crippen LogP contribution in [0.2, 0.25) is 0 Å². The number of rotatable bonds is 4. The van der Waals surface area contributed by atoms with Crippen LogP contribution in [0.4, 0.5) is 0 Å². The van der Waals surface area contributed by atoms with Crippen LogP contribution in [0, 0.1) is 20.8 Å². The molecular formula is C23H26N4O3S. The van der Waals surface area contributed by atoms with E-state index >= 15 is 0 Å². The van der Waals surface area contributed by atoms with E-state index in [1.165, 1.54) is 4.31 Å². The monoisotopic (exact) mass is 438 g/mol. The number of carbonyl (C=O) groups excluding carboxylic acids is 1. The molecule has 0 N–H and O–H groups in total. The Balaban J connectivity index is 1.43. The van der Waals surface area contributed by atoms with Crippen LogP contribution in [-0.2, 0) is 10.0 Å². The summed E-state index contributed by atoms with van der Waals surface area (Å²) in [6.07, 6.45) is 1.74. The van der Waals surface area contributed by atoms with Gasteiger partial charge in [-0.05, 0) is 62.7 Å². The molecule has 0 atom stereocenters. The van der Waals surface area contributed by atoms with E-state index in [9.17, 15) is 13.2 Å². The van der Waals surface area contributed by atoms with Crippen LogP contribution >= 0.6 is 0 Å². The Bertz CT molecular complexity index is 1210. The highest BCUT2D eigenvalue weighted by atomic mass is 32.2. The van der Waals surface area contributed by atoms with Crippen LogP contribution in [0.5, 0.6) is 0 Å². The van der Waals surface area contributed by atoms with Crippen molar-refractivity contribution in [1.82, 2.24) is 19.0 Å². The zero-order valence-corrected chi connectivity index (χ0v) is 18.8. The molecule has 31 heavy (non-hydrogen) atoms. The standard InChI is InChI=1S/C23H26N4O3S/c1-17-4-9-22(18(2)16-17)31(29,30)26-14-12-25(13-15-26)23(28)20-5-7-21(8-6-20)27-19(3)10-11-24-27/h4-11,16H,12-15H2,1-3H3. The summed E-state index contributed by atoms with van der Waals surface area (Å²) in [6.45, 7) is 7.02. The number of piperazine rings is 1. The minimum atomic E-state index is -3.57. The van der Waals surface area contributed by atoms with Gasteiger partial charge in [0, 0.05) is 43.6 Å². The van der Waals surface area contributed by atoms with Crippen molar-refractivity contribution < 1.29 is 13.2 Å². The number of aromatic nitrogens is 2. The molecule has 1 fully saturated rings. The molecule has 1 aliphatic rings. The normalized spacial score (nSPS) is 15.3. The highest BCUT2D eigenvalue weighted by Gasteiger charge is 2.31. The summed E-state index contributed by atoms with van der Waals surface area (Å²) in [5, 5.41) is 4.28. The Hall–Kier alpha value is -2.97. The Morgan fingerprint density at radius 2 is 1.58 bits per heavy atom. The molecule has 0 unspecified atom stereocenters. The third-order valence-electron chi connectivity index (χ3n) is 5.66. The molecule has 0 spiro atoms. The number of aryl methyl sites for hydroxylation is 3. The van der Waals surface area contributed by atoms with Gasteiger partial charge in [-0.2, -0.15) is 9.40 Å². The molecule has 8 heteroatoms. The third kappa shape index (κ3) is 4.13. The van der Waals surface area contributed by atoms with Crippen molar-refractivity contribution in [2.45, 2.75) is 25.7 Å². The summed E-state index contributed by atoms with van der Waals surface area (Å²) in [6, 6.07) is 14.6. The molecule has 2 aromatic carbocycles. The highest BCUT2D eigenvalue weighted by Crippen LogP contribution is 2.23. The number of hydrogen-bond donors (Lipinski definition) is 0. The van der Waals surface area contributed by atoms with E-state index in [2.05, 4.69) is 5.10 Å². The predicted molar refractivity (Wildman–Crippen MR) is 119 cm³/mol. The van der Waals surface area contributed by atoms with Gasteiger partial charge in [-0.1, -0.05) is 17.7 Å². The fourth-order valence-electron chi connectivity index (χ4n) is 3.93. The van der Waals surface area contributed by atoms with Gasteiger partial charge in [-0.3, -0.25) is 4.79 Å². The van der Waals surface area contributed by atoms with E-state index in [1.807, 2.05) is 55.8 Å². The maximum Gasteiger partial charge on any atom is 0.253 e. The minimum Gasteiger partial charge on any atom is -0.336 e. The molecule has 4 rings (SSSR count). The van der Waals surface area contributed by atoms with Crippen LogP contribution in [0.1, 0.15) is 27.2 Å². The van der Waals surface area contributed by atoms with Crippen molar-refractivity contribution in [2.75, 3.05) is 26.2 Å². The average molecular weight is 439 g/mol. The van der Waals surface area contributed by atoms with Gasteiger partial charge in [-0.25, -0.2) is 13.1 Å². The van der Waals surface area contributed by atoms with E-state index in [1.54, 1.807) is 29.3 Å². The van der Waals surface area contributed by atoms with Crippen LogP contribution in [0.15, 0.2) is 59.6 Å². The number of nitrogens with zero attached hydrogens (tertiary/aromatic N) is 4. The molecule has 3 aromatic rings. The van der Waals surface area contributed by atoms with Crippen molar-refractivity contribution in [3.8, 4) is 5.69 Å². The van der Waals surface area contributed by atoms with E-state index in [0.29, 0.717) is 23.5 Å². The van der Waals surface area contributed by atoms with Crippen LogP contribution in [-0.4, -0.2) is 59.5 Å². The molecule has 1 saturated heterocycles. The summed E-state index contributed by atoms with van der Waals surface area (Å²) in [5.41, 5.74) is 4.26. The lowest BCUT2D eigenvalue weighted by Crippen LogP contribution is -2.50. The van der Waals surface area contributed by atoms with Gasteiger partial charge in [-0.15, -0.1) is 0 Å². The number of sulfonamides is 1. The maximum absolute atomic E-state index is 13.1. The zero-order chi connectivity index (χ0) is 22.2. The first kappa shape index (κ1) is 21.3. The van der Waals surface area contributed by atoms with Gasteiger partial charge in [0.2, 0.25) is 10.0 Å². The highest BCUT2D eigenvalue weighted by molar-refractivity contribution is 7.89. The molecular weight excluding hydrogens is 412 g/mol. The van der Waals surface area contributed by atoms with Crippen LogP contribution in [0.25, 0.3) is 5.69 Å². The second kappa shape index (κ2) is 8.28. The van der Waals surface area contributed by atoms with Crippen molar-refractivity contribution in [1.29, 1.82) is 0 Å². The van der Waals surface area contributed by atoms with E-state index < -0.39 is 10.0 Å². The van der Waals surface area contributed by atoms with Crippen LogP contribution in [0.3, 0.4) is 0 Å². The molecule has 162 valence electrons. The smallest absolute Gasteiger partial charge is 0.253 e. The summed E-state index contributed by atoms with van der Waals surface area (Å²) in [5.74, 6) is -0.0905. The Morgan fingerprint density at radius 1 is 0.903 bits per heavy atom. The van der Waals surface area contributed by atoms with Gasteiger partial charge in [0.15, 0.2) is 0 Å². The number of hydrogen-bond acceptors (Lipinski definition) is 4. The quantitative estimate of drug-likeness (QED) is 0.628. The third-order valence-corrected chi connectivity index (χ3v) is 7.72. The Kier molecular flexibility index (Phi) is 5.68. The Labute approximate surface area is 183 Å². The zero-order valence-electron chi connectivity index (χ0n) is 17.9. The first-order chi connectivity index (χ1) is 14.8. The summed E-state index contributed by atoms with van der Waals surface area (Å²) in [4.78, 5) is 15.0. The largest absolute Gasteiger partial charge is 0.336 e. The molecule has 0 radical (unpaired) electrons. The molecule has 0 aliphatic carbocycles. The lowest BCUT2D eigenvalue weighted by Gasteiger charge is -2.34. The lowest BCUT2D eigenvalue weighted by atomic mass is 10.1. The predicted octanol–water partition coefficient (Wildman–Crippen LogP) is 2.94. The number of amides is 1. The summed E-state index contributed by atoms with van der Waals surface area (Å²) < 4.78 is 29.4. The lowest BCUT2D eigenvalue weighted by molar-refractivity contribution is 0.0698. The number of benzene rings is 2.